The van der Waals surface area contributed by atoms with E-state index in [1.54, 1.807) is 13.8 Å². The summed E-state index contributed by atoms with van der Waals surface area (Å²) in [6.07, 6.45) is -1.22. The van der Waals surface area contributed by atoms with Gasteiger partial charge in [0.05, 0.1) is 12.5 Å². The largest absolute Gasteiger partial charge is 0.464 e. The van der Waals surface area contributed by atoms with E-state index in [1.807, 2.05) is 60.7 Å². The highest BCUT2D eigenvalue weighted by molar-refractivity contribution is 6.06. The van der Waals surface area contributed by atoms with Gasteiger partial charge in [0.1, 0.15) is 0 Å². The molecule has 24 heavy (non-hydrogen) atoms. The Morgan fingerprint density at radius 3 is 1.75 bits per heavy atom. The summed E-state index contributed by atoms with van der Waals surface area (Å²) >= 11 is 0. The highest BCUT2D eigenvalue weighted by atomic mass is 16.6. The molecule has 0 heterocycles. The maximum absolute atomic E-state index is 13.1. The number of benzene rings is 2. The Morgan fingerprint density at radius 2 is 1.33 bits per heavy atom. The van der Waals surface area contributed by atoms with E-state index in [2.05, 4.69) is 0 Å². The Balaban J connectivity index is 2.42. The highest BCUT2D eigenvalue weighted by Crippen LogP contribution is 2.27. The molecule has 0 saturated heterocycles. The number of carbonyl (C=O) groups is 2. The minimum atomic E-state index is -1.22. The zero-order valence-electron chi connectivity index (χ0n) is 14.0. The fourth-order valence-corrected chi connectivity index (χ4v) is 2.61. The van der Waals surface area contributed by atoms with Gasteiger partial charge >= 0.3 is 5.97 Å². The van der Waals surface area contributed by atoms with Gasteiger partial charge in [0.2, 0.25) is 6.10 Å². The quantitative estimate of drug-likeness (QED) is 0.551. The molecule has 0 aliphatic carbocycles. The molecule has 2 rings (SSSR count). The Labute approximate surface area is 142 Å². The Bertz CT molecular complexity index is 612. The van der Waals surface area contributed by atoms with Gasteiger partial charge < -0.3 is 9.47 Å². The van der Waals surface area contributed by atoms with Crippen LogP contribution >= 0.6 is 0 Å². The van der Waals surface area contributed by atoms with Crippen LogP contribution in [0.3, 0.4) is 0 Å². The number of carbonyl (C=O) groups excluding carboxylic acids is 2. The average Bonchev–Trinajstić information content (AvgIpc) is 2.62. The second kappa shape index (κ2) is 8.99. The first-order valence-corrected chi connectivity index (χ1v) is 8.10. The molecule has 1 unspecified atom stereocenters. The monoisotopic (exact) mass is 326 g/mol. The number of ether oxygens (including phenoxy) is 2. The Kier molecular flexibility index (Phi) is 6.70. The molecular formula is C20H22O4. The average molecular weight is 326 g/mol. The van der Waals surface area contributed by atoms with Crippen molar-refractivity contribution in [2.24, 2.45) is 0 Å². The van der Waals surface area contributed by atoms with Crippen molar-refractivity contribution in [2.75, 3.05) is 13.2 Å². The SMILES string of the molecule is CCOC(=O)C(OCC)C(=O)C(c1ccccc1)c1ccccc1. The maximum Gasteiger partial charge on any atom is 0.343 e. The zero-order valence-corrected chi connectivity index (χ0v) is 14.0. The number of Topliss-reactive ketones (excluding diaryl/α,β-unsaturated/α-hetero) is 1. The summed E-state index contributed by atoms with van der Waals surface area (Å²) in [6, 6.07) is 18.8. The topological polar surface area (TPSA) is 52.6 Å². The van der Waals surface area contributed by atoms with Crippen LogP contribution < -0.4 is 0 Å². The molecule has 0 aliphatic rings. The lowest BCUT2D eigenvalue weighted by Crippen LogP contribution is -2.38. The molecule has 1 atom stereocenters. The molecule has 4 nitrogen and oxygen atoms in total. The van der Waals surface area contributed by atoms with E-state index < -0.39 is 18.0 Å². The molecule has 2 aromatic rings. The third-order valence-electron chi connectivity index (χ3n) is 3.64. The van der Waals surface area contributed by atoms with E-state index in [0.29, 0.717) is 0 Å². The van der Waals surface area contributed by atoms with Crippen molar-refractivity contribution in [3.63, 3.8) is 0 Å². The van der Waals surface area contributed by atoms with Gasteiger partial charge in [0.25, 0.3) is 0 Å². The van der Waals surface area contributed by atoms with Gasteiger partial charge in [-0.05, 0) is 25.0 Å². The summed E-state index contributed by atoms with van der Waals surface area (Å²) in [5.74, 6) is -1.53. The summed E-state index contributed by atoms with van der Waals surface area (Å²) in [6.45, 7) is 3.92. The fourth-order valence-electron chi connectivity index (χ4n) is 2.61. The van der Waals surface area contributed by atoms with E-state index >= 15 is 0 Å². The second-order valence-corrected chi connectivity index (χ2v) is 5.24. The molecule has 2 aromatic carbocycles. The van der Waals surface area contributed by atoms with E-state index in [9.17, 15) is 9.59 Å². The maximum atomic E-state index is 13.1. The van der Waals surface area contributed by atoms with Crippen molar-refractivity contribution in [1.82, 2.24) is 0 Å². The number of ketones is 1. The molecule has 0 fully saturated rings. The van der Waals surface area contributed by atoms with Crippen LogP contribution in [-0.4, -0.2) is 31.1 Å². The second-order valence-electron chi connectivity index (χ2n) is 5.24. The molecule has 0 aliphatic heterocycles. The molecule has 0 N–H and O–H groups in total. The molecule has 0 saturated carbocycles. The van der Waals surface area contributed by atoms with Gasteiger partial charge in [0.15, 0.2) is 5.78 Å². The Morgan fingerprint density at radius 1 is 0.833 bits per heavy atom. The molecule has 0 amide bonds. The molecule has 0 bridgehead atoms. The summed E-state index contributed by atoms with van der Waals surface area (Å²) in [5, 5.41) is 0. The number of rotatable bonds is 8. The van der Waals surface area contributed by atoms with Crippen LogP contribution in [-0.2, 0) is 19.1 Å². The van der Waals surface area contributed by atoms with Gasteiger partial charge in [-0.2, -0.15) is 0 Å². The number of hydrogen-bond donors (Lipinski definition) is 0. The zero-order chi connectivity index (χ0) is 17.4. The third-order valence-corrected chi connectivity index (χ3v) is 3.64. The van der Waals surface area contributed by atoms with Crippen molar-refractivity contribution in [3.05, 3.63) is 71.8 Å². The predicted molar refractivity (Wildman–Crippen MR) is 91.8 cm³/mol. The van der Waals surface area contributed by atoms with Gasteiger partial charge in [0, 0.05) is 6.61 Å². The van der Waals surface area contributed by atoms with Crippen LogP contribution in [0.2, 0.25) is 0 Å². The minimum Gasteiger partial charge on any atom is -0.464 e. The van der Waals surface area contributed by atoms with E-state index in [4.69, 9.17) is 9.47 Å². The smallest absolute Gasteiger partial charge is 0.343 e. The highest BCUT2D eigenvalue weighted by Gasteiger charge is 2.35. The first kappa shape index (κ1) is 17.9. The summed E-state index contributed by atoms with van der Waals surface area (Å²) in [7, 11) is 0. The van der Waals surface area contributed by atoms with Crippen LogP contribution in [0.4, 0.5) is 0 Å². The van der Waals surface area contributed by atoms with Gasteiger partial charge in [-0.3, -0.25) is 4.79 Å². The van der Waals surface area contributed by atoms with Crippen LogP contribution in [0.15, 0.2) is 60.7 Å². The summed E-state index contributed by atoms with van der Waals surface area (Å²) in [4.78, 5) is 25.3. The van der Waals surface area contributed by atoms with Gasteiger partial charge in [-0.25, -0.2) is 4.79 Å². The van der Waals surface area contributed by atoms with Crippen molar-refractivity contribution >= 4 is 11.8 Å². The van der Waals surface area contributed by atoms with Crippen LogP contribution in [0.25, 0.3) is 0 Å². The fraction of sp³-hybridized carbons (Fsp3) is 0.300. The molecule has 4 heteroatoms. The lowest BCUT2D eigenvalue weighted by atomic mass is 9.85. The van der Waals surface area contributed by atoms with Crippen LogP contribution in [0.1, 0.15) is 30.9 Å². The Hall–Kier alpha value is -2.46. The normalized spacial score (nSPS) is 12.0. The standard InChI is InChI=1S/C20H22O4/c1-3-23-19(20(22)24-4-2)18(21)17(15-11-7-5-8-12-15)16-13-9-6-10-14-16/h5-14,17,19H,3-4H2,1-2H3. The first-order chi connectivity index (χ1) is 11.7. The van der Waals surface area contributed by atoms with Gasteiger partial charge in [-0.15, -0.1) is 0 Å². The number of hydrogen-bond acceptors (Lipinski definition) is 4. The lowest BCUT2D eigenvalue weighted by Gasteiger charge is -2.22. The summed E-state index contributed by atoms with van der Waals surface area (Å²) < 4.78 is 10.4. The lowest BCUT2D eigenvalue weighted by molar-refractivity contribution is -0.161. The van der Waals surface area contributed by atoms with E-state index in [1.165, 1.54) is 0 Å². The van der Waals surface area contributed by atoms with Crippen LogP contribution in [0, 0.1) is 0 Å². The molecule has 0 spiro atoms. The van der Waals surface area contributed by atoms with Crippen molar-refractivity contribution in [3.8, 4) is 0 Å². The van der Waals surface area contributed by atoms with Crippen molar-refractivity contribution in [1.29, 1.82) is 0 Å². The molecule has 0 radical (unpaired) electrons. The van der Waals surface area contributed by atoms with E-state index in [0.717, 1.165) is 11.1 Å². The first-order valence-electron chi connectivity index (χ1n) is 8.10. The third kappa shape index (κ3) is 4.30. The number of esters is 1. The molecule has 126 valence electrons. The van der Waals surface area contributed by atoms with Crippen molar-refractivity contribution < 1.29 is 19.1 Å². The van der Waals surface area contributed by atoms with Crippen LogP contribution in [0.5, 0.6) is 0 Å². The molecular weight excluding hydrogens is 304 g/mol. The van der Waals surface area contributed by atoms with Crippen molar-refractivity contribution in [2.45, 2.75) is 25.9 Å². The predicted octanol–water partition coefficient (Wildman–Crippen LogP) is 3.36. The minimum absolute atomic E-state index is 0.205. The van der Waals surface area contributed by atoms with Gasteiger partial charge in [-0.1, -0.05) is 60.7 Å². The summed E-state index contributed by atoms with van der Waals surface area (Å²) in [5.41, 5.74) is 1.64. The molecule has 0 aromatic heterocycles. The van der Waals surface area contributed by atoms with E-state index in [-0.39, 0.29) is 19.0 Å².